The maximum Gasteiger partial charge on any atom is 0.269 e. The molecule has 1 aliphatic heterocycles. The molecule has 1 fully saturated rings. The maximum atomic E-state index is 12.7. The van der Waals surface area contributed by atoms with Crippen LogP contribution in [0.15, 0.2) is 53.4 Å². The summed E-state index contributed by atoms with van der Waals surface area (Å²) in [5.41, 5.74) is 6.44. The lowest BCUT2D eigenvalue weighted by Crippen LogP contribution is -2.44. The summed E-state index contributed by atoms with van der Waals surface area (Å²) < 4.78 is 49.6. The zero-order valence-electron chi connectivity index (χ0n) is 17.7. The summed E-state index contributed by atoms with van der Waals surface area (Å²) in [6, 6.07) is 12.9. The molecule has 2 amide bonds. The SMILES string of the molecule is Cc1ccc(S(=O)(=O)N(C)Cc2ccc(C(=O)NNC(=O)[C@H]3CCS(=O)(=O)C3)cc2)cc1. The molecule has 9 nitrogen and oxygen atoms in total. The molecule has 3 rings (SSSR count). The van der Waals surface area contributed by atoms with Crippen molar-refractivity contribution in [3.8, 4) is 0 Å². The number of benzene rings is 2. The Morgan fingerprint density at radius 3 is 2.22 bits per heavy atom. The Bertz CT molecular complexity index is 1210. The molecule has 172 valence electrons. The number of hydrogen-bond donors (Lipinski definition) is 2. The van der Waals surface area contributed by atoms with Gasteiger partial charge in [0, 0.05) is 19.2 Å². The standard InChI is InChI=1S/C21H25N3O6S2/c1-15-3-9-19(10-4-15)32(29,30)24(2)13-16-5-7-17(8-6-16)20(25)22-23-21(26)18-11-12-31(27,28)14-18/h3-10,18H,11-14H2,1-2H3,(H,22,25)(H,23,26)/t18-/m0/s1. The van der Waals surface area contributed by atoms with Crippen molar-refractivity contribution in [3.05, 3.63) is 65.2 Å². The van der Waals surface area contributed by atoms with E-state index in [-0.39, 0.29) is 34.9 Å². The van der Waals surface area contributed by atoms with Crippen LogP contribution >= 0.6 is 0 Å². The molecule has 1 atom stereocenters. The van der Waals surface area contributed by atoms with E-state index in [1.54, 1.807) is 36.4 Å². The molecule has 2 aromatic rings. The van der Waals surface area contributed by atoms with Crippen molar-refractivity contribution in [2.24, 2.45) is 5.92 Å². The van der Waals surface area contributed by atoms with Crippen LogP contribution in [-0.2, 0) is 31.2 Å². The molecule has 2 aromatic carbocycles. The van der Waals surface area contributed by atoms with Gasteiger partial charge in [0.1, 0.15) is 0 Å². The number of hydrazine groups is 1. The number of carbonyl (C=O) groups excluding carboxylic acids is 2. The second-order valence-electron chi connectivity index (χ2n) is 7.81. The molecule has 0 unspecified atom stereocenters. The van der Waals surface area contributed by atoms with Gasteiger partial charge in [0.25, 0.3) is 5.91 Å². The van der Waals surface area contributed by atoms with Crippen molar-refractivity contribution in [2.75, 3.05) is 18.6 Å². The lowest BCUT2D eigenvalue weighted by Gasteiger charge is -2.17. The third kappa shape index (κ3) is 5.72. The highest BCUT2D eigenvalue weighted by atomic mass is 32.2. The molecule has 0 aliphatic carbocycles. The maximum absolute atomic E-state index is 12.7. The molecule has 1 saturated heterocycles. The Balaban J connectivity index is 1.56. The second kappa shape index (κ2) is 9.39. The van der Waals surface area contributed by atoms with Gasteiger partial charge in [0.05, 0.1) is 22.3 Å². The van der Waals surface area contributed by atoms with E-state index >= 15 is 0 Å². The van der Waals surface area contributed by atoms with Crippen molar-refractivity contribution in [2.45, 2.75) is 24.8 Å². The van der Waals surface area contributed by atoms with E-state index in [1.807, 2.05) is 6.92 Å². The number of sulfonamides is 1. The fourth-order valence-electron chi connectivity index (χ4n) is 3.29. The quantitative estimate of drug-likeness (QED) is 0.595. The molecule has 0 radical (unpaired) electrons. The van der Waals surface area contributed by atoms with E-state index < -0.39 is 37.6 Å². The van der Waals surface area contributed by atoms with Crippen LogP contribution in [0.5, 0.6) is 0 Å². The zero-order valence-corrected chi connectivity index (χ0v) is 19.4. The number of hydrogen-bond acceptors (Lipinski definition) is 6. The fourth-order valence-corrected chi connectivity index (χ4v) is 6.19. The third-order valence-corrected chi connectivity index (χ3v) is 8.84. The van der Waals surface area contributed by atoms with Crippen molar-refractivity contribution in [3.63, 3.8) is 0 Å². The molecule has 2 N–H and O–H groups in total. The first-order valence-electron chi connectivity index (χ1n) is 9.90. The molecule has 0 spiro atoms. The average Bonchev–Trinajstić information content (AvgIpc) is 3.12. The smallest absolute Gasteiger partial charge is 0.269 e. The van der Waals surface area contributed by atoms with Crippen LogP contribution in [0.25, 0.3) is 0 Å². The number of nitrogens with one attached hydrogen (secondary N) is 2. The van der Waals surface area contributed by atoms with Gasteiger partial charge in [-0.15, -0.1) is 0 Å². The van der Waals surface area contributed by atoms with Crippen molar-refractivity contribution in [1.82, 2.24) is 15.2 Å². The predicted octanol–water partition coefficient (Wildman–Crippen LogP) is 1.01. The fraction of sp³-hybridized carbons (Fsp3) is 0.333. The molecular weight excluding hydrogens is 454 g/mol. The lowest BCUT2D eigenvalue weighted by molar-refractivity contribution is -0.125. The number of carbonyl (C=O) groups is 2. The molecule has 1 heterocycles. The van der Waals surface area contributed by atoms with Gasteiger partial charge in [0.2, 0.25) is 15.9 Å². The first kappa shape index (κ1) is 23.9. The third-order valence-electron chi connectivity index (χ3n) is 5.25. The summed E-state index contributed by atoms with van der Waals surface area (Å²) in [4.78, 5) is 24.5. The first-order chi connectivity index (χ1) is 15.0. The van der Waals surface area contributed by atoms with Crippen LogP contribution in [0.3, 0.4) is 0 Å². The number of nitrogens with zero attached hydrogens (tertiary/aromatic N) is 1. The Kier molecular flexibility index (Phi) is 7.01. The van der Waals surface area contributed by atoms with Crippen LogP contribution in [0.4, 0.5) is 0 Å². The monoisotopic (exact) mass is 479 g/mol. The molecular formula is C21H25N3O6S2. The van der Waals surface area contributed by atoms with Crippen molar-refractivity contribution < 1.29 is 26.4 Å². The minimum absolute atomic E-state index is 0.0332. The Morgan fingerprint density at radius 2 is 1.66 bits per heavy atom. The van der Waals surface area contributed by atoms with Gasteiger partial charge in [-0.2, -0.15) is 4.31 Å². The summed E-state index contributed by atoms with van der Waals surface area (Å²) in [6.45, 7) is 1.99. The minimum atomic E-state index is -3.65. The van der Waals surface area contributed by atoms with Crippen LogP contribution in [-0.4, -0.2) is 51.5 Å². The summed E-state index contributed by atoms with van der Waals surface area (Å²) in [6.07, 6.45) is 0.234. The van der Waals surface area contributed by atoms with Gasteiger partial charge in [-0.1, -0.05) is 29.8 Å². The van der Waals surface area contributed by atoms with E-state index in [0.29, 0.717) is 5.56 Å². The van der Waals surface area contributed by atoms with E-state index in [0.717, 1.165) is 5.56 Å². The predicted molar refractivity (Wildman–Crippen MR) is 119 cm³/mol. The van der Waals surface area contributed by atoms with Gasteiger partial charge in [-0.05, 0) is 43.2 Å². The molecule has 0 aromatic heterocycles. The molecule has 32 heavy (non-hydrogen) atoms. The number of aryl methyl sites for hydroxylation is 1. The molecule has 0 bridgehead atoms. The molecule has 0 saturated carbocycles. The van der Waals surface area contributed by atoms with Gasteiger partial charge < -0.3 is 0 Å². The summed E-state index contributed by atoms with van der Waals surface area (Å²) in [5, 5.41) is 0. The Labute approximate surface area is 187 Å². The van der Waals surface area contributed by atoms with E-state index in [2.05, 4.69) is 10.9 Å². The number of rotatable bonds is 6. The van der Waals surface area contributed by atoms with Crippen molar-refractivity contribution >= 4 is 31.7 Å². The van der Waals surface area contributed by atoms with Gasteiger partial charge in [-0.25, -0.2) is 16.8 Å². The summed E-state index contributed by atoms with van der Waals surface area (Å²) in [7, 11) is -5.37. The highest BCUT2D eigenvalue weighted by molar-refractivity contribution is 7.91. The normalized spacial score (nSPS) is 17.8. The highest BCUT2D eigenvalue weighted by Gasteiger charge is 2.33. The molecule has 11 heteroatoms. The zero-order chi connectivity index (χ0) is 23.5. The van der Waals surface area contributed by atoms with Gasteiger partial charge in [-0.3, -0.25) is 20.4 Å². The Hall–Kier alpha value is -2.76. The largest absolute Gasteiger partial charge is 0.273 e. The van der Waals surface area contributed by atoms with Crippen LogP contribution in [0.2, 0.25) is 0 Å². The first-order valence-corrected chi connectivity index (χ1v) is 13.2. The van der Waals surface area contributed by atoms with E-state index in [1.165, 1.54) is 23.5 Å². The topological polar surface area (TPSA) is 130 Å². The Morgan fingerprint density at radius 1 is 1.03 bits per heavy atom. The van der Waals surface area contributed by atoms with Crippen LogP contribution in [0, 0.1) is 12.8 Å². The van der Waals surface area contributed by atoms with Gasteiger partial charge in [0.15, 0.2) is 9.84 Å². The van der Waals surface area contributed by atoms with Crippen LogP contribution < -0.4 is 10.9 Å². The number of sulfone groups is 1. The summed E-state index contributed by atoms with van der Waals surface area (Å²) in [5.74, 6) is -2.03. The average molecular weight is 480 g/mol. The molecule has 1 aliphatic rings. The van der Waals surface area contributed by atoms with E-state index in [9.17, 15) is 26.4 Å². The van der Waals surface area contributed by atoms with Crippen LogP contribution in [0.1, 0.15) is 27.9 Å². The van der Waals surface area contributed by atoms with Gasteiger partial charge >= 0.3 is 0 Å². The van der Waals surface area contributed by atoms with E-state index in [4.69, 9.17) is 0 Å². The second-order valence-corrected chi connectivity index (χ2v) is 12.1. The summed E-state index contributed by atoms with van der Waals surface area (Å²) >= 11 is 0. The van der Waals surface area contributed by atoms with Crippen molar-refractivity contribution in [1.29, 1.82) is 0 Å². The minimum Gasteiger partial charge on any atom is -0.273 e. The number of amides is 2. The lowest BCUT2D eigenvalue weighted by atomic mass is 10.1. The highest BCUT2D eigenvalue weighted by Crippen LogP contribution is 2.19.